The first kappa shape index (κ1) is 22.5. The van der Waals surface area contributed by atoms with Gasteiger partial charge in [0.25, 0.3) is 0 Å². The Bertz CT molecular complexity index is 875. The van der Waals surface area contributed by atoms with Crippen LogP contribution in [0.4, 0.5) is 17.3 Å². The SMILES string of the molecule is COc1ccc(CCNc2ncnc(NCCN3CCOCC3)c2[N+](=O)[O-])cc1OC. The summed E-state index contributed by atoms with van der Waals surface area (Å²) in [5, 5.41) is 17.8. The molecule has 3 rings (SSSR count). The van der Waals surface area contributed by atoms with Crippen molar-refractivity contribution in [2.75, 3.05) is 70.8 Å². The molecule has 1 fully saturated rings. The number of anilines is 2. The van der Waals surface area contributed by atoms with Crippen LogP contribution in [0.2, 0.25) is 0 Å². The van der Waals surface area contributed by atoms with Gasteiger partial charge in [0.2, 0.25) is 11.6 Å². The second-order valence-electron chi connectivity index (χ2n) is 6.92. The maximum atomic E-state index is 11.7. The molecule has 168 valence electrons. The molecule has 2 N–H and O–H groups in total. The minimum atomic E-state index is -0.462. The quantitative estimate of drug-likeness (QED) is 0.401. The first-order valence-corrected chi connectivity index (χ1v) is 10.1. The number of rotatable bonds is 11. The van der Waals surface area contributed by atoms with Crippen LogP contribution in [0.15, 0.2) is 24.5 Å². The number of nitrogens with one attached hydrogen (secondary N) is 2. The number of benzene rings is 1. The van der Waals surface area contributed by atoms with Crippen LogP contribution in [0.1, 0.15) is 5.56 Å². The fourth-order valence-corrected chi connectivity index (χ4v) is 3.33. The highest BCUT2D eigenvalue weighted by atomic mass is 16.6. The van der Waals surface area contributed by atoms with Gasteiger partial charge < -0.3 is 24.8 Å². The third kappa shape index (κ3) is 6.15. The number of ether oxygens (including phenoxy) is 3. The highest BCUT2D eigenvalue weighted by Crippen LogP contribution is 2.30. The number of nitrogens with zero attached hydrogens (tertiary/aromatic N) is 4. The lowest BCUT2D eigenvalue weighted by Gasteiger charge is -2.26. The zero-order valence-corrected chi connectivity index (χ0v) is 17.8. The zero-order valence-electron chi connectivity index (χ0n) is 17.8. The fourth-order valence-electron chi connectivity index (χ4n) is 3.33. The van der Waals surface area contributed by atoms with E-state index in [0.29, 0.717) is 44.2 Å². The molecule has 31 heavy (non-hydrogen) atoms. The summed E-state index contributed by atoms with van der Waals surface area (Å²) in [6.45, 7) is 4.90. The molecule has 1 aliphatic rings. The topological polar surface area (TPSA) is 124 Å². The van der Waals surface area contributed by atoms with E-state index in [1.807, 2.05) is 18.2 Å². The molecule has 11 heteroatoms. The predicted molar refractivity (Wildman–Crippen MR) is 116 cm³/mol. The smallest absolute Gasteiger partial charge is 0.353 e. The van der Waals surface area contributed by atoms with E-state index in [1.54, 1.807) is 14.2 Å². The van der Waals surface area contributed by atoms with E-state index in [-0.39, 0.29) is 17.3 Å². The van der Waals surface area contributed by atoms with Crippen LogP contribution < -0.4 is 20.1 Å². The Kier molecular flexibility index (Phi) is 8.19. The summed E-state index contributed by atoms with van der Waals surface area (Å²) in [5.74, 6) is 1.69. The summed E-state index contributed by atoms with van der Waals surface area (Å²) < 4.78 is 15.9. The lowest BCUT2D eigenvalue weighted by Crippen LogP contribution is -2.39. The van der Waals surface area contributed by atoms with Crippen LogP contribution in [-0.2, 0) is 11.2 Å². The van der Waals surface area contributed by atoms with Crippen LogP contribution in [-0.4, -0.2) is 79.9 Å². The molecular weight excluding hydrogens is 404 g/mol. The van der Waals surface area contributed by atoms with E-state index in [1.165, 1.54) is 6.33 Å². The Morgan fingerprint density at radius 1 is 1.10 bits per heavy atom. The van der Waals surface area contributed by atoms with Gasteiger partial charge in [-0.1, -0.05) is 6.07 Å². The Hall–Kier alpha value is -3.18. The molecule has 1 saturated heterocycles. The number of aromatic nitrogens is 2. The third-order valence-electron chi connectivity index (χ3n) is 4.98. The Labute approximate surface area is 180 Å². The van der Waals surface area contributed by atoms with E-state index < -0.39 is 4.92 Å². The molecule has 0 unspecified atom stereocenters. The molecule has 0 spiro atoms. The molecule has 2 heterocycles. The Morgan fingerprint density at radius 3 is 2.42 bits per heavy atom. The van der Waals surface area contributed by atoms with Gasteiger partial charge in [0.15, 0.2) is 11.5 Å². The highest BCUT2D eigenvalue weighted by molar-refractivity contribution is 5.69. The second-order valence-corrected chi connectivity index (χ2v) is 6.92. The molecule has 1 aromatic heterocycles. The summed E-state index contributed by atoms with van der Waals surface area (Å²) in [4.78, 5) is 21.6. The maximum absolute atomic E-state index is 11.7. The van der Waals surface area contributed by atoms with Crippen LogP contribution in [0.5, 0.6) is 11.5 Å². The molecule has 0 radical (unpaired) electrons. The lowest BCUT2D eigenvalue weighted by molar-refractivity contribution is -0.383. The molecule has 1 aromatic carbocycles. The second kappa shape index (κ2) is 11.3. The highest BCUT2D eigenvalue weighted by Gasteiger charge is 2.23. The van der Waals surface area contributed by atoms with Crippen molar-refractivity contribution >= 4 is 17.3 Å². The molecule has 0 atom stereocenters. The van der Waals surface area contributed by atoms with Crippen LogP contribution in [0.3, 0.4) is 0 Å². The Balaban J connectivity index is 1.60. The van der Waals surface area contributed by atoms with Crippen molar-refractivity contribution < 1.29 is 19.1 Å². The molecule has 0 bridgehead atoms. The number of methoxy groups -OCH3 is 2. The van der Waals surface area contributed by atoms with Gasteiger partial charge in [-0.2, -0.15) is 0 Å². The average Bonchev–Trinajstić information content (AvgIpc) is 2.79. The van der Waals surface area contributed by atoms with Crippen molar-refractivity contribution in [1.82, 2.24) is 14.9 Å². The standard InChI is InChI=1S/C20H28N6O5/c1-29-16-4-3-15(13-17(16)30-2)5-6-21-19-18(26(27)28)20(24-14-23-19)22-7-8-25-9-11-31-12-10-25/h3-4,13-14H,5-12H2,1-2H3,(H2,21,22,23,24). The number of hydrogen-bond acceptors (Lipinski definition) is 10. The average molecular weight is 432 g/mol. The minimum Gasteiger partial charge on any atom is -0.493 e. The van der Waals surface area contributed by atoms with Gasteiger partial charge >= 0.3 is 5.69 Å². The van der Waals surface area contributed by atoms with Crippen molar-refractivity contribution in [1.29, 1.82) is 0 Å². The number of hydrogen-bond donors (Lipinski definition) is 2. The van der Waals surface area contributed by atoms with E-state index in [9.17, 15) is 10.1 Å². The largest absolute Gasteiger partial charge is 0.493 e. The molecule has 2 aromatic rings. The molecule has 0 aliphatic carbocycles. The third-order valence-corrected chi connectivity index (χ3v) is 4.98. The fraction of sp³-hybridized carbons (Fsp3) is 0.500. The zero-order chi connectivity index (χ0) is 22.1. The van der Waals surface area contributed by atoms with Crippen molar-refractivity contribution in [3.63, 3.8) is 0 Å². The van der Waals surface area contributed by atoms with Crippen molar-refractivity contribution in [2.45, 2.75) is 6.42 Å². The van der Waals surface area contributed by atoms with Gasteiger partial charge in [-0.25, -0.2) is 9.97 Å². The van der Waals surface area contributed by atoms with Gasteiger partial charge in [0, 0.05) is 32.7 Å². The van der Waals surface area contributed by atoms with E-state index in [4.69, 9.17) is 14.2 Å². The van der Waals surface area contributed by atoms with Crippen LogP contribution >= 0.6 is 0 Å². The van der Waals surface area contributed by atoms with Crippen molar-refractivity contribution in [3.8, 4) is 11.5 Å². The van der Waals surface area contributed by atoms with Crippen LogP contribution in [0.25, 0.3) is 0 Å². The maximum Gasteiger partial charge on any atom is 0.353 e. The molecular formula is C20H28N6O5. The summed E-state index contributed by atoms with van der Waals surface area (Å²) in [5.41, 5.74) is 0.850. The summed E-state index contributed by atoms with van der Waals surface area (Å²) in [7, 11) is 3.16. The summed E-state index contributed by atoms with van der Waals surface area (Å²) in [6.07, 6.45) is 1.95. The number of morpholine rings is 1. The van der Waals surface area contributed by atoms with Crippen molar-refractivity contribution in [3.05, 3.63) is 40.2 Å². The number of nitro groups is 1. The summed E-state index contributed by atoms with van der Waals surface area (Å²) >= 11 is 0. The first-order valence-electron chi connectivity index (χ1n) is 10.1. The molecule has 11 nitrogen and oxygen atoms in total. The van der Waals surface area contributed by atoms with E-state index in [2.05, 4.69) is 25.5 Å². The summed E-state index contributed by atoms with van der Waals surface area (Å²) in [6, 6.07) is 5.64. The minimum absolute atomic E-state index is 0.156. The first-order chi connectivity index (χ1) is 15.1. The van der Waals surface area contributed by atoms with Crippen LogP contribution in [0, 0.1) is 10.1 Å². The van der Waals surface area contributed by atoms with Gasteiger partial charge in [0.05, 0.1) is 32.4 Å². The van der Waals surface area contributed by atoms with E-state index >= 15 is 0 Å². The lowest BCUT2D eigenvalue weighted by atomic mass is 10.1. The van der Waals surface area contributed by atoms with E-state index in [0.717, 1.165) is 25.2 Å². The van der Waals surface area contributed by atoms with Gasteiger partial charge in [0.1, 0.15) is 6.33 Å². The Morgan fingerprint density at radius 2 is 1.77 bits per heavy atom. The molecule has 0 saturated carbocycles. The van der Waals surface area contributed by atoms with Crippen molar-refractivity contribution in [2.24, 2.45) is 0 Å². The van der Waals surface area contributed by atoms with Gasteiger partial charge in [-0.05, 0) is 24.1 Å². The molecule has 1 aliphatic heterocycles. The van der Waals surface area contributed by atoms with Gasteiger partial charge in [-0.3, -0.25) is 15.0 Å². The monoisotopic (exact) mass is 432 g/mol. The van der Waals surface area contributed by atoms with Gasteiger partial charge in [-0.15, -0.1) is 0 Å². The normalized spacial score (nSPS) is 14.1. The molecule has 0 amide bonds. The predicted octanol–water partition coefficient (Wildman–Crippen LogP) is 1.80.